The van der Waals surface area contributed by atoms with Gasteiger partial charge in [-0.25, -0.2) is 0 Å². The number of aliphatic hydroxyl groups is 1. The molecule has 1 fully saturated rings. The van der Waals surface area contributed by atoms with Crippen LogP contribution in [0, 0.1) is 19.8 Å². The molecular weight excluding hydrogens is 428 g/mol. The third kappa shape index (κ3) is 4.44. The molecular formula is C28H28N2O4. The number of benzene rings is 2. The molecule has 1 unspecified atom stereocenters. The first-order valence-electron chi connectivity index (χ1n) is 11.3. The third-order valence-corrected chi connectivity index (χ3v) is 5.75. The normalized spacial score (nSPS) is 17.4. The lowest BCUT2D eigenvalue weighted by atomic mass is 9.95. The number of pyridine rings is 1. The van der Waals surface area contributed by atoms with Gasteiger partial charge in [-0.15, -0.1) is 0 Å². The summed E-state index contributed by atoms with van der Waals surface area (Å²) in [5, 5.41) is 11.3. The summed E-state index contributed by atoms with van der Waals surface area (Å²) in [7, 11) is 0. The van der Waals surface area contributed by atoms with Gasteiger partial charge >= 0.3 is 0 Å². The van der Waals surface area contributed by atoms with Crippen LogP contribution >= 0.6 is 0 Å². The smallest absolute Gasteiger partial charge is 0.300 e. The average Bonchev–Trinajstić information content (AvgIpc) is 3.08. The van der Waals surface area contributed by atoms with Crippen molar-refractivity contribution in [3.8, 4) is 5.75 Å². The molecule has 174 valence electrons. The molecule has 3 aromatic rings. The molecule has 1 aromatic heterocycles. The largest absolute Gasteiger partial charge is 0.507 e. The Labute approximate surface area is 199 Å². The molecule has 6 heteroatoms. The Kier molecular flexibility index (Phi) is 6.50. The number of nitrogens with zero attached hydrogens (tertiary/aromatic N) is 2. The molecule has 0 aliphatic carbocycles. The molecule has 1 aliphatic heterocycles. The van der Waals surface area contributed by atoms with Crippen LogP contribution in [0.1, 0.15) is 42.1 Å². The van der Waals surface area contributed by atoms with Gasteiger partial charge in [0.15, 0.2) is 0 Å². The summed E-state index contributed by atoms with van der Waals surface area (Å²) in [6.45, 7) is 8.49. The monoisotopic (exact) mass is 456 g/mol. The average molecular weight is 457 g/mol. The predicted octanol–water partition coefficient (Wildman–Crippen LogP) is 5.36. The van der Waals surface area contributed by atoms with Gasteiger partial charge in [0.25, 0.3) is 11.7 Å². The highest BCUT2D eigenvalue weighted by molar-refractivity contribution is 6.51. The fourth-order valence-corrected chi connectivity index (χ4v) is 4.16. The van der Waals surface area contributed by atoms with Crippen molar-refractivity contribution in [2.45, 2.75) is 33.7 Å². The zero-order valence-corrected chi connectivity index (χ0v) is 19.8. The van der Waals surface area contributed by atoms with Crippen molar-refractivity contribution in [3.05, 3.63) is 94.8 Å². The molecule has 0 saturated carbocycles. The van der Waals surface area contributed by atoms with Crippen molar-refractivity contribution in [1.29, 1.82) is 0 Å². The van der Waals surface area contributed by atoms with Gasteiger partial charge in [0.2, 0.25) is 0 Å². The number of ether oxygens (including phenoxy) is 1. The quantitative estimate of drug-likeness (QED) is 0.307. The number of aliphatic hydroxyl groups excluding tert-OH is 1. The van der Waals surface area contributed by atoms with Crippen LogP contribution in [0.25, 0.3) is 5.76 Å². The Morgan fingerprint density at radius 1 is 1.09 bits per heavy atom. The van der Waals surface area contributed by atoms with E-state index in [2.05, 4.69) is 4.98 Å². The summed E-state index contributed by atoms with van der Waals surface area (Å²) in [6, 6.07) is 15.4. The van der Waals surface area contributed by atoms with E-state index in [1.807, 2.05) is 45.9 Å². The summed E-state index contributed by atoms with van der Waals surface area (Å²) in [5.41, 5.74) is 3.60. The first-order valence-corrected chi connectivity index (χ1v) is 11.3. The standard InChI is InChI=1S/C28H28N2O4/c1-17(2)16-34-22-9-5-7-20(14-22)26(31)24-25(21-8-6-12-29-15-21)30(28(33)27(24)32)23-11-10-18(3)13-19(23)4/h5-15,17,25,31H,16H2,1-4H3/b26-24+. The van der Waals surface area contributed by atoms with Gasteiger partial charge in [-0.1, -0.05) is 49.7 Å². The Hall–Kier alpha value is -3.93. The Bertz CT molecular complexity index is 1260. The van der Waals surface area contributed by atoms with Crippen molar-refractivity contribution in [2.24, 2.45) is 5.92 Å². The number of aromatic nitrogens is 1. The van der Waals surface area contributed by atoms with E-state index < -0.39 is 17.7 Å². The highest BCUT2D eigenvalue weighted by atomic mass is 16.5. The maximum atomic E-state index is 13.3. The summed E-state index contributed by atoms with van der Waals surface area (Å²) in [6.07, 6.45) is 3.24. The molecule has 2 aromatic carbocycles. The summed E-state index contributed by atoms with van der Waals surface area (Å²) < 4.78 is 5.79. The minimum absolute atomic E-state index is 0.0268. The maximum absolute atomic E-state index is 13.3. The maximum Gasteiger partial charge on any atom is 0.300 e. The van der Waals surface area contributed by atoms with Crippen molar-refractivity contribution >= 4 is 23.1 Å². The van der Waals surface area contributed by atoms with Gasteiger partial charge in [0, 0.05) is 23.6 Å². The Morgan fingerprint density at radius 3 is 2.56 bits per heavy atom. The SMILES string of the molecule is Cc1ccc(N2C(=O)C(=O)/C(=C(/O)c3cccc(OCC(C)C)c3)C2c2cccnc2)c(C)c1. The van der Waals surface area contributed by atoms with E-state index in [0.29, 0.717) is 35.1 Å². The number of ketones is 1. The fourth-order valence-electron chi connectivity index (χ4n) is 4.16. The molecule has 1 atom stereocenters. The van der Waals surface area contributed by atoms with Crippen molar-refractivity contribution in [1.82, 2.24) is 4.98 Å². The van der Waals surface area contributed by atoms with E-state index in [4.69, 9.17) is 4.74 Å². The summed E-state index contributed by atoms with van der Waals surface area (Å²) >= 11 is 0. The van der Waals surface area contributed by atoms with Crippen LogP contribution in [-0.4, -0.2) is 28.4 Å². The van der Waals surface area contributed by atoms with Gasteiger partial charge in [0.1, 0.15) is 11.5 Å². The van der Waals surface area contributed by atoms with Gasteiger partial charge in [-0.2, -0.15) is 0 Å². The third-order valence-electron chi connectivity index (χ3n) is 5.75. The van der Waals surface area contributed by atoms with Crippen LogP contribution in [0.5, 0.6) is 5.75 Å². The first-order chi connectivity index (χ1) is 16.3. The summed E-state index contributed by atoms with van der Waals surface area (Å²) in [5.74, 6) is -0.742. The van der Waals surface area contributed by atoms with E-state index in [1.54, 1.807) is 48.8 Å². The topological polar surface area (TPSA) is 79.7 Å². The van der Waals surface area contributed by atoms with Crippen molar-refractivity contribution in [2.75, 3.05) is 11.5 Å². The molecule has 4 rings (SSSR count). The highest BCUT2D eigenvalue weighted by Crippen LogP contribution is 2.43. The van der Waals surface area contributed by atoms with Gasteiger partial charge < -0.3 is 9.84 Å². The molecule has 0 spiro atoms. The lowest BCUT2D eigenvalue weighted by Gasteiger charge is -2.26. The number of amides is 1. The minimum atomic E-state index is -0.810. The zero-order chi connectivity index (χ0) is 24.4. The highest BCUT2D eigenvalue weighted by Gasteiger charge is 2.47. The number of hydrogen-bond donors (Lipinski definition) is 1. The molecule has 0 radical (unpaired) electrons. The molecule has 0 bridgehead atoms. The Morgan fingerprint density at radius 2 is 1.88 bits per heavy atom. The number of Topliss-reactive ketones (excluding diaryl/α,β-unsaturated/α-hetero) is 1. The number of carbonyl (C=O) groups excluding carboxylic acids is 2. The van der Waals surface area contributed by atoms with E-state index in [0.717, 1.165) is 11.1 Å². The number of anilines is 1. The van der Waals surface area contributed by atoms with Crippen LogP contribution in [0.4, 0.5) is 5.69 Å². The lowest BCUT2D eigenvalue weighted by molar-refractivity contribution is -0.132. The second-order valence-corrected chi connectivity index (χ2v) is 8.98. The minimum Gasteiger partial charge on any atom is -0.507 e. The van der Waals surface area contributed by atoms with Crippen molar-refractivity contribution < 1.29 is 19.4 Å². The van der Waals surface area contributed by atoms with Crippen LogP contribution in [0.3, 0.4) is 0 Å². The molecule has 1 aliphatic rings. The number of carbonyl (C=O) groups is 2. The van der Waals surface area contributed by atoms with Gasteiger partial charge in [-0.05, 0) is 55.2 Å². The number of hydrogen-bond acceptors (Lipinski definition) is 5. The van der Waals surface area contributed by atoms with Crippen LogP contribution in [0.15, 0.2) is 72.6 Å². The second-order valence-electron chi connectivity index (χ2n) is 8.98. The molecule has 1 saturated heterocycles. The predicted molar refractivity (Wildman–Crippen MR) is 132 cm³/mol. The fraction of sp³-hybridized carbons (Fsp3) is 0.250. The summed E-state index contributed by atoms with van der Waals surface area (Å²) in [4.78, 5) is 32.3. The van der Waals surface area contributed by atoms with E-state index in [9.17, 15) is 14.7 Å². The van der Waals surface area contributed by atoms with Gasteiger partial charge in [0.05, 0.1) is 18.2 Å². The van der Waals surface area contributed by atoms with Crippen LogP contribution < -0.4 is 9.64 Å². The van der Waals surface area contributed by atoms with Crippen LogP contribution in [0.2, 0.25) is 0 Å². The van der Waals surface area contributed by atoms with Crippen molar-refractivity contribution in [3.63, 3.8) is 0 Å². The number of rotatable bonds is 6. The van der Waals surface area contributed by atoms with Gasteiger partial charge in [-0.3, -0.25) is 19.5 Å². The molecule has 2 heterocycles. The van der Waals surface area contributed by atoms with E-state index in [-0.39, 0.29) is 11.3 Å². The molecule has 34 heavy (non-hydrogen) atoms. The van der Waals surface area contributed by atoms with Crippen LogP contribution in [-0.2, 0) is 9.59 Å². The van der Waals surface area contributed by atoms with E-state index >= 15 is 0 Å². The molecule has 1 amide bonds. The zero-order valence-electron chi connectivity index (χ0n) is 19.8. The first kappa shape index (κ1) is 23.2. The lowest BCUT2D eigenvalue weighted by Crippen LogP contribution is -2.30. The molecule has 1 N–H and O–H groups in total. The van der Waals surface area contributed by atoms with E-state index in [1.165, 1.54) is 4.90 Å². The number of aryl methyl sites for hydroxylation is 2. The second kappa shape index (κ2) is 9.51. The Balaban J connectivity index is 1.87. The molecule has 6 nitrogen and oxygen atoms in total.